The lowest BCUT2D eigenvalue weighted by Crippen LogP contribution is -2.35. The molecule has 164 valence electrons. The van der Waals surface area contributed by atoms with Gasteiger partial charge in [-0.2, -0.15) is 5.26 Å². The number of para-hydroxylation sites is 1. The van der Waals surface area contributed by atoms with Crippen LogP contribution < -0.4 is 20.1 Å². The molecule has 3 aromatic rings. The van der Waals surface area contributed by atoms with Crippen molar-refractivity contribution in [1.82, 2.24) is 9.88 Å². The molecule has 2 aromatic carbocycles. The van der Waals surface area contributed by atoms with Gasteiger partial charge in [0.25, 0.3) is 11.5 Å². The van der Waals surface area contributed by atoms with Crippen molar-refractivity contribution >= 4 is 28.9 Å². The average molecular weight is 452 g/mol. The summed E-state index contributed by atoms with van der Waals surface area (Å²) in [6.07, 6.45) is 1.62. The summed E-state index contributed by atoms with van der Waals surface area (Å²) in [5.74, 6) is -0.964. The SMILES string of the molecule is COCCNC(=O)/C(C#N)=c1\s/c(=C\c2ccc(F)cc2)c(=O)n1-c1c(C)cccc1C. The number of aromatic nitrogens is 1. The lowest BCUT2D eigenvalue weighted by Gasteiger charge is -2.11. The first-order chi connectivity index (χ1) is 15.4. The Kier molecular flexibility index (Phi) is 7.36. The Hall–Kier alpha value is -3.54. The number of thiazole rings is 1. The van der Waals surface area contributed by atoms with Crippen LogP contribution in [0.2, 0.25) is 0 Å². The van der Waals surface area contributed by atoms with E-state index in [9.17, 15) is 19.2 Å². The Morgan fingerprint density at radius 2 is 1.88 bits per heavy atom. The van der Waals surface area contributed by atoms with E-state index in [0.29, 0.717) is 22.4 Å². The van der Waals surface area contributed by atoms with E-state index >= 15 is 0 Å². The van der Waals surface area contributed by atoms with Gasteiger partial charge in [0.05, 0.1) is 16.8 Å². The average Bonchev–Trinajstić information content (AvgIpc) is 3.06. The standard InChI is InChI=1S/C24H22FN3O3S/c1-15-5-4-6-16(2)21(15)28-23(30)20(13-17-7-9-18(25)10-8-17)32-24(28)19(14-26)22(29)27-11-12-31-3/h4-10,13H,11-12H2,1-3H3,(H,27,29)/b20-13-,24-19-. The zero-order valence-corrected chi connectivity index (χ0v) is 18.8. The van der Waals surface area contributed by atoms with Gasteiger partial charge in [-0.25, -0.2) is 4.39 Å². The number of aryl methyl sites for hydroxylation is 2. The lowest BCUT2D eigenvalue weighted by atomic mass is 10.1. The summed E-state index contributed by atoms with van der Waals surface area (Å²) < 4.78 is 20.2. The summed E-state index contributed by atoms with van der Waals surface area (Å²) in [6.45, 7) is 4.25. The summed E-state index contributed by atoms with van der Waals surface area (Å²) in [4.78, 5) is 26.2. The van der Waals surface area contributed by atoms with E-state index < -0.39 is 5.91 Å². The molecule has 0 spiro atoms. The molecule has 0 aliphatic heterocycles. The van der Waals surface area contributed by atoms with Crippen LogP contribution in [0.25, 0.3) is 17.3 Å². The first-order valence-electron chi connectivity index (χ1n) is 9.84. The summed E-state index contributed by atoms with van der Waals surface area (Å²) in [5, 5.41) is 12.4. The number of carbonyl (C=O) groups is 1. The fourth-order valence-electron chi connectivity index (χ4n) is 3.27. The van der Waals surface area contributed by atoms with Gasteiger partial charge in [-0.15, -0.1) is 11.3 Å². The zero-order chi connectivity index (χ0) is 23.3. The largest absolute Gasteiger partial charge is 0.383 e. The number of benzene rings is 2. The number of hydrogen-bond donors (Lipinski definition) is 1. The molecule has 0 aliphatic carbocycles. The molecular weight excluding hydrogens is 429 g/mol. The zero-order valence-electron chi connectivity index (χ0n) is 17.9. The van der Waals surface area contributed by atoms with E-state index in [1.54, 1.807) is 18.2 Å². The van der Waals surface area contributed by atoms with Gasteiger partial charge < -0.3 is 10.1 Å². The molecule has 1 N–H and O–H groups in total. The third kappa shape index (κ3) is 4.85. The van der Waals surface area contributed by atoms with Crippen molar-refractivity contribution in [3.63, 3.8) is 0 Å². The van der Waals surface area contributed by atoms with Crippen LogP contribution in [0.3, 0.4) is 0 Å². The molecule has 0 fully saturated rings. The highest BCUT2D eigenvalue weighted by atomic mass is 32.1. The van der Waals surface area contributed by atoms with Crippen LogP contribution in [-0.2, 0) is 9.53 Å². The summed E-state index contributed by atoms with van der Waals surface area (Å²) >= 11 is 1.05. The van der Waals surface area contributed by atoms with Crippen LogP contribution in [-0.4, -0.2) is 30.7 Å². The van der Waals surface area contributed by atoms with Crippen molar-refractivity contribution in [2.24, 2.45) is 0 Å². The van der Waals surface area contributed by atoms with E-state index in [0.717, 1.165) is 22.5 Å². The molecule has 32 heavy (non-hydrogen) atoms. The van der Waals surface area contributed by atoms with Gasteiger partial charge in [0, 0.05) is 13.7 Å². The Morgan fingerprint density at radius 1 is 1.22 bits per heavy atom. The molecule has 0 bridgehead atoms. The minimum absolute atomic E-state index is 0.162. The molecule has 0 saturated carbocycles. The summed E-state index contributed by atoms with van der Waals surface area (Å²) in [7, 11) is 1.51. The maximum Gasteiger partial charge on any atom is 0.273 e. The van der Waals surface area contributed by atoms with E-state index in [-0.39, 0.29) is 28.2 Å². The van der Waals surface area contributed by atoms with Crippen molar-refractivity contribution in [3.05, 3.63) is 84.5 Å². The normalized spacial score (nSPS) is 12.4. The Balaban J connectivity index is 2.35. The molecule has 6 nitrogen and oxygen atoms in total. The number of ether oxygens (including phenoxy) is 1. The molecule has 0 unspecified atom stereocenters. The smallest absolute Gasteiger partial charge is 0.273 e. The fourth-order valence-corrected chi connectivity index (χ4v) is 4.36. The van der Waals surface area contributed by atoms with Crippen molar-refractivity contribution < 1.29 is 13.9 Å². The van der Waals surface area contributed by atoms with Crippen LogP contribution in [0.5, 0.6) is 0 Å². The number of amides is 1. The van der Waals surface area contributed by atoms with Crippen LogP contribution >= 0.6 is 11.3 Å². The lowest BCUT2D eigenvalue weighted by molar-refractivity contribution is -0.115. The highest BCUT2D eigenvalue weighted by Crippen LogP contribution is 2.16. The highest BCUT2D eigenvalue weighted by Gasteiger charge is 2.18. The number of carbonyl (C=O) groups excluding carboxylic acids is 1. The van der Waals surface area contributed by atoms with Crippen LogP contribution in [0.4, 0.5) is 4.39 Å². The molecule has 0 saturated heterocycles. The van der Waals surface area contributed by atoms with Gasteiger partial charge in [0.15, 0.2) is 5.57 Å². The van der Waals surface area contributed by atoms with Crippen molar-refractivity contribution in [2.45, 2.75) is 13.8 Å². The van der Waals surface area contributed by atoms with Gasteiger partial charge in [0.2, 0.25) is 0 Å². The summed E-state index contributed by atoms with van der Waals surface area (Å²) in [5.41, 5.74) is 2.40. The van der Waals surface area contributed by atoms with Crippen molar-refractivity contribution in [2.75, 3.05) is 20.3 Å². The number of halogens is 1. The van der Waals surface area contributed by atoms with E-state index in [2.05, 4.69) is 5.32 Å². The highest BCUT2D eigenvalue weighted by molar-refractivity contribution is 7.07. The molecule has 0 radical (unpaired) electrons. The van der Waals surface area contributed by atoms with E-state index in [1.807, 2.05) is 38.1 Å². The number of methoxy groups -OCH3 is 1. The summed E-state index contributed by atoms with van der Waals surface area (Å²) in [6, 6.07) is 13.3. The molecule has 3 rings (SSSR count). The maximum absolute atomic E-state index is 13.5. The number of hydrogen-bond acceptors (Lipinski definition) is 5. The molecule has 0 aliphatic rings. The third-order valence-electron chi connectivity index (χ3n) is 4.80. The van der Waals surface area contributed by atoms with Gasteiger partial charge >= 0.3 is 0 Å². The monoisotopic (exact) mass is 451 g/mol. The second-order valence-electron chi connectivity index (χ2n) is 7.08. The predicted molar refractivity (Wildman–Crippen MR) is 123 cm³/mol. The Bertz CT molecular complexity index is 1350. The molecule has 8 heteroatoms. The molecule has 1 heterocycles. The maximum atomic E-state index is 13.5. The Labute approximate surface area is 188 Å². The molecular formula is C24H22FN3O3S. The predicted octanol–water partition coefficient (Wildman–Crippen LogP) is 1.92. The molecule has 0 atom stereocenters. The van der Waals surface area contributed by atoms with Gasteiger partial charge in [-0.05, 0) is 48.7 Å². The third-order valence-corrected chi connectivity index (χ3v) is 5.89. The second-order valence-corrected chi connectivity index (χ2v) is 8.11. The first kappa shape index (κ1) is 23.1. The fraction of sp³-hybridized carbons (Fsp3) is 0.208. The topological polar surface area (TPSA) is 84.1 Å². The van der Waals surface area contributed by atoms with Gasteiger partial charge in [-0.3, -0.25) is 14.2 Å². The minimum atomic E-state index is -0.584. The number of nitriles is 1. The van der Waals surface area contributed by atoms with E-state index in [1.165, 1.54) is 23.8 Å². The number of rotatable bonds is 6. The molecule has 1 amide bonds. The second kappa shape index (κ2) is 10.2. The van der Waals surface area contributed by atoms with Gasteiger partial charge in [-0.1, -0.05) is 30.3 Å². The van der Waals surface area contributed by atoms with Crippen molar-refractivity contribution in [1.29, 1.82) is 5.26 Å². The molecule has 1 aromatic heterocycles. The van der Waals surface area contributed by atoms with Gasteiger partial charge in [0.1, 0.15) is 16.5 Å². The van der Waals surface area contributed by atoms with Crippen LogP contribution in [0, 0.1) is 31.0 Å². The van der Waals surface area contributed by atoms with Crippen molar-refractivity contribution in [3.8, 4) is 11.8 Å². The number of nitrogens with one attached hydrogen (secondary N) is 1. The number of nitrogens with zero attached hydrogens (tertiary/aromatic N) is 2. The quantitative estimate of drug-likeness (QED) is 0.581. The van der Waals surface area contributed by atoms with Crippen LogP contribution in [0.15, 0.2) is 47.3 Å². The Morgan fingerprint density at radius 3 is 2.47 bits per heavy atom. The van der Waals surface area contributed by atoms with E-state index in [4.69, 9.17) is 4.74 Å². The van der Waals surface area contributed by atoms with Crippen LogP contribution in [0.1, 0.15) is 16.7 Å². The minimum Gasteiger partial charge on any atom is -0.383 e. The first-order valence-corrected chi connectivity index (χ1v) is 10.7.